The summed E-state index contributed by atoms with van der Waals surface area (Å²) in [6, 6.07) is 18.3. The van der Waals surface area contributed by atoms with Crippen molar-refractivity contribution in [2.45, 2.75) is 24.7 Å². The van der Waals surface area contributed by atoms with Gasteiger partial charge < -0.3 is 15.0 Å². The number of amides is 1. The molecule has 166 valence electrons. The first-order chi connectivity index (χ1) is 15.2. The number of anilines is 1. The molecule has 2 fully saturated rings. The van der Waals surface area contributed by atoms with Crippen LogP contribution in [0.4, 0.5) is 5.69 Å². The Morgan fingerprint density at radius 3 is 2.45 bits per heavy atom. The summed E-state index contributed by atoms with van der Waals surface area (Å²) in [7, 11) is 0. The molecule has 0 aliphatic carbocycles. The lowest BCUT2D eigenvalue weighted by molar-refractivity contribution is -0.130. The zero-order valence-corrected chi connectivity index (χ0v) is 18.8. The molecule has 0 unspecified atom stereocenters. The number of ether oxygens (including phenoxy) is 1. The minimum Gasteiger partial charge on any atom is -0.381 e. The van der Waals surface area contributed by atoms with Crippen LogP contribution < -0.4 is 10.2 Å². The maximum atomic E-state index is 13.3. The predicted octanol–water partition coefficient (Wildman–Crippen LogP) is 3.72. The van der Waals surface area contributed by atoms with Gasteiger partial charge in [0.15, 0.2) is 0 Å². The van der Waals surface area contributed by atoms with E-state index in [-0.39, 0.29) is 5.91 Å². The number of nitrogens with one attached hydrogen (secondary N) is 1. The van der Waals surface area contributed by atoms with Crippen molar-refractivity contribution in [3.8, 4) is 0 Å². The molecule has 2 aromatic rings. The van der Waals surface area contributed by atoms with E-state index in [1.54, 1.807) is 0 Å². The molecule has 1 N–H and O–H groups in total. The van der Waals surface area contributed by atoms with Crippen LogP contribution in [-0.4, -0.2) is 63.3 Å². The van der Waals surface area contributed by atoms with Gasteiger partial charge in [0.25, 0.3) is 0 Å². The summed E-state index contributed by atoms with van der Waals surface area (Å²) in [5.41, 5.74) is 1.76. The summed E-state index contributed by atoms with van der Waals surface area (Å²) in [5.74, 6) is 0.104. The maximum absolute atomic E-state index is 13.3. The Morgan fingerprint density at radius 1 is 1.00 bits per heavy atom. The quantitative estimate of drug-likeness (QED) is 0.665. The minimum absolute atomic E-state index is 0.104. The second kappa shape index (κ2) is 10.5. The standard InChI is InChI=1S/C25H32ClN3O2/c26-22-7-4-6-21(20-22)25(10-18-31-19-11-25)24(30)27-12-5-13-28-14-16-29(17-15-28)23-8-2-1-3-9-23/h1-4,6-9,20H,5,10-19H2,(H,27,30). The zero-order chi connectivity index (χ0) is 21.5. The molecule has 5 nitrogen and oxygen atoms in total. The highest BCUT2D eigenvalue weighted by Crippen LogP contribution is 2.36. The number of hydrogen-bond donors (Lipinski definition) is 1. The van der Waals surface area contributed by atoms with Gasteiger partial charge >= 0.3 is 0 Å². The highest BCUT2D eigenvalue weighted by atomic mass is 35.5. The smallest absolute Gasteiger partial charge is 0.230 e. The van der Waals surface area contributed by atoms with Gasteiger partial charge in [-0.3, -0.25) is 9.69 Å². The van der Waals surface area contributed by atoms with Crippen LogP contribution in [0.3, 0.4) is 0 Å². The molecule has 31 heavy (non-hydrogen) atoms. The number of carbonyl (C=O) groups excluding carboxylic acids is 1. The van der Waals surface area contributed by atoms with E-state index in [2.05, 4.69) is 45.4 Å². The Kier molecular flexibility index (Phi) is 7.49. The predicted molar refractivity (Wildman–Crippen MR) is 126 cm³/mol. The topological polar surface area (TPSA) is 44.8 Å². The lowest BCUT2D eigenvalue weighted by Crippen LogP contribution is -2.49. The van der Waals surface area contributed by atoms with Crippen molar-refractivity contribution in [3.63, 3.8) is 0 Å². The van der Waals surface area contributed by atoms with E-state index in [0.717, 1.165) is 44.7 Å². The van der Waals surface area contributed by atoms with Crippen LogP contribution in [0, 0.1) is 0 Å². The average molecular weight is 442 g/mol. The Bertz CT molecular complexity index is 847. The van der Waals surface area contributed by atoms with Crippen LogP contribution in [0.25, 0.3) is 0 Å². The highest BCUT2D eigenvalue weighted by Gasteiger charge is 2.41. The SMILES string of the molecule is O=C(NCCCN1CCN(c2ccccc2)CC1)C1(c2cccc(Cl)c2)CCOCC1. The van der Waals surface area contributed by atoms with Crippen LogP contribution in [0.15, 0.2) is 54.6 Å². The van der Waals surface area contributed by atoms with Crippen molar-refractivity contribution in [1.82, 2.24) is 10.2 Å². The summed E-state index contributed by atoms with van der Waals surface area (Å²) in [4.78, 5) is 18.2. The molecule has 0 atom stereocenters. The lowest BCUT2D eigenvalue weighted by atomic mass is 9.73. The van der Waals surface area contributed by atoms with E-state index < -0.39 is 5.41 Å². The van der Waals surface area contributed by atoms with Gasteiger partial charge in [-0.1, -0.05) is 41.9 Å². The van der Waals surface area contributed by atoms with Gasteiger partial charge in [0.2, 0.25) is 5.91 Å². The van der Waals surface area contributed by atoms with Crippen molar-refractivity contribution in [2.24, 2.45) is 0 Å². The summed E-state index contributed by atoms with van der Waals surface area (Å²) in [6.07, 6.45) is 2.35. The number of piperazine rings is 1. The van der Waals surface area contributed by atoms with Gasteiger partial charge in [0.05, 0.1) is 5.41 Å². The Balaban J connectivity index is 1.25. The molecule has 6 heteroatoms. The van der Waals surface area contributed by atoms with Crippen LogP contribution in [0.1, 0.15) is 24.8 Å². The van der Waals surface area contributed by atoms with Gasteiger partial charge in [0.1, 0.15) is 0 Å². The summed E-state index contributed by atoms with van der Waals surface area (Å²) >= 11 is 6.22. The van der Waals surface area contributed by atoms with Crippen LogP contribution >= 0.6 is 11.6 Å². The fourth-order valence-corrected chi connectivity index (χ4v) is 4.89. The largest absolute Gasteiger partial charge is 0.381 e. The molecule has 0 spiro atoms. The summed E-state index contributed by atoms with van der Waals surface area (Å²) in [6.45, 7) is 7.14. The molecule has 2 aliphatic rings. The third-order valence-electron chi connectivity index (χ3n) is 6.59. The fourth-order valence-electron chi connectivity index (χ4n) is 4.70. The van der Waals surface area contributed by atoms with E-state index in [1.165, 1.54) is 5.69 Å². The van der Waals surface area contributed by atoms with Crippen molar-refractivity contribution >= 4 is 23.2 Å². The number of para-hydroxylation sites is 1. The molecule has 2 aromatic carbocycles. The number of hydrogen-bond acceptors (Lipinski definition) is 4. The average Bonchev–Trinajstić information content (AvgIpc) is 2.83. The fraction of sp³-hybridized carbons (Fsp3) is 0.480. The number of halogens is 1. The Morgan fingerprint density at radius 2 is 1.74 bits per heavy atom. The molecular weight excluding hydrogens is 410 g/mol. The van der Waals surface area contributed by atoms with E-state index in [4.69, 9.17) is 16.3 Å². The first-order valence-electron chi connectivity index (χ1n) is 11.3. The second-order valence-electron chi connectivity index (χ2n) is 8.48. The number of nitrogens with zero attached hydrogens (tertiary/aromatic N) is 2. The van der Waals surface area contributed by atoms with Gasteiger partial charge in [-0.05, 0) is 55.6 Å². The van der Waals surface area contributed by atoms with E-state index >= 15 is 0 Å². The van der Waals surface area contributed by atoms with Gasteiger partial charge in [-0.25, -0.2) is 0 Å². The van der Waals surface area contributed by atoms with Crippen molar-refractivity contribution < 1.29 is 9.53 Å². The van der Waals surface area contributed by atoms with Gasteiger partial charge in [-0.15, -0.1) is 0 Å². The van der Waals surface area contributed by atoms with Gasteiger partial charge in [0, 0.05) is 56.6 Å². The molecule has 0 aromatic heterocycles. The molecule has 0 radical (unpaired) electrons. The van der Waals surface area contributed by atoms with Crippen LogP contribution in [-0.2, 0) is 14.9 Å². The Hall–Kier alpha value is -2.08. The molecule has 0 bridgehead atoms. The number of carbonyl (C=O) groups is 1. The molecule has 1 amide bonds. The molecular formula is C25H32ClN3O2. The molecule has 0 saturated carbocycles. The monoisotopic (exact) mass is 441 g/mol. The van der Waals surface area contributed by atoms with Crippen molar-refractivity contribution in [3.05, 3.63) is 65.2 Å². The summed E-state index contributed by atoms with van der Waals surface area (Å²) in [5, 5.41) is 3.88. The normalized spacial score (nSPS) is 19.2. The number of rotatable bonds is 7. The third-order valence-corrected chi connectivity index (χ3v) is 6.82. The van der Waals surface area contributed by atoms with E-state index in [1.807, 2.05) is 24.3 Å². The zero-order valence-electron chi connectivity index (χ0n) is 18.1. The van der Waals surface area contributed by atoms with Crippen LogP contribution in [0.5, 0.6) is 0 Å². The number of benzene rings is 2. The lowest BCUT2D eigenvalue weighted by Gasteiger charge is -2.37. The maximum Gasteiger partial charge on any atom is 0.230 e. The van der Waals surface area contributed by atoms with Crippen molar-refractivity contribution in [2.75, 3.05) is 57.4 Å². The Labute approximate surface area is 190 Å². The third kappa shape index (κ3) is 5.40. The van der Waals surface area contributed by atoms with Crippen molar-refractivity contribution in [1.29, 1.82) is 0 Å². The molecule has 4 rings (SSSR count). The van der Waals surface area contributed by atoms with Gasteiger partial charge in [-0.2, -0.15) is 0 Å². The van der Waals surface area contributed by atoms with E-state index in [9.17, 15) is 4.79 Å². The molecule has 2 heterocycles. The molecule has 2 aliphatic heterocycles. The minimum atomic E-state index is -0.537. The molecule has 2 saturated heterocycles. The van der Waals surface area contributed by atoms with Crippen LogP contribution in [0.2, 0.25) is 5.02 Å². The first kappa shape index (κ1) is 22.1. The highest BCUT2D eigenvalue weighted by molar-refractivity contribution is 6.30. The van der Waals surface area contributed by atoms with E-state index in [0.29, 0.717) is 37.6 Å². The summed E-state index contributed by atoms with van der Waals surface area (Å²) < 4.78 is 5.55. The second-order valence-corrected chi connectivity index (χ2v) is 8.91. The first-order valence-corrected chi connectivity index (χ1v) is 11.7.